The van der Waals surface area contributed by atoms with Crippen molar-refractivity contribution >= 4 is 15.9 Å². The van der Waals surface area contributed by atoms with Crippen LogP contribution in [0.2, 0.25) is 0 Å². The fraction of sp³-hybridized carbons (Fsp3) is 0.154. The maximum absolute atomic E-state index is 12.9. The second kappa shape index (κ2) is 8.67. The van der Waals surface area contributed by atoms with Crippen LogP contribution in [0.5, 0.6) is 0 Å². The molecular formula is C26H23N3O3S. The monoisotopic (exact) mass is 457 g/mol. The van der Waals surface area contributed by atoms with Crippen molar-refractivity contribution in [1.82, 2.24) is 9.55 Å². The molecule has 5 rings (SSSR count). The van der Waals surface area contributed by atoms with Crippen molar-refractivity contribution in [2.75, 3.05) is 0 Å². The van der Waals surface area contributed by atoms with Gasteiger partial charge in [-0.3, -0.25) is 0 Å². The Kier molecular flexibility index (Phi) is 5.56. The van der Waals surface area contributed by atoms with Gasteiger partial charge in [0.25, 0.3) is 10.0 Å². The van der Waals surface area contributed by atoms with Crippen molar-refractivity contribution < 1.29 is 13.2 Å². The zero-order chi connectivity index (χ0) is 22.8. The van der Waals surface area contributed by atoms with Gasteiger partial charge in [-0.2, -0.15) is 8.42 Å². The van der Waals surface area contributed by atoms with Crippen LogP contribution in [0.15, 0.2) is 100 Å². The van der Waals surface area contributed by atoms with E-state index in [1.165, 1.54) is 0 Å². The van der Waals surface area contributed by atoms with Crippen LogP contribution < -0.4 is 0 Å². The maximum atomic E-state index is 12.9. The van der Waals surface area contributed by atoms with Crippen LogP contribution in [-0.2, 0) is 21.3 Å². The number of imidazole rings is 1. The first-order valence-corrected chi connectivity index (χ1v) is 12.2. The Morgan fingerprint density at radius 1 is 0.939 bits per heavy atom. The predicted octanol–water partition coefficient (Wildman–Crippen LogP) is 5.16. The van der Waals surface area contributed by atoms with Gasteiger partial charge in [-0.05, 0) is 19.1 Å². The van der Waals surface area contributed by atoms with Gasteiger partial charge in [0.2, 0.25) is 5.90 Å². The average Bonchev–Trinajstić information content (AvgIpc) is 3.19. The van der Waals surface area contributed by atoms with E-state index >= 15 is 0 Å². The van der Waals surface area contributed by atoms with E-state index < -0.39 is 16.1 Å². The minimum atomic E-state index is -3.89. The number of fused-ring (bicyclic) bond motifs is 1. The van der Waals surface area contributed by atoms with Gasteiger partial charge in [-0.1, -0.05) is 78.4 Å². The van der Waals surface area contributed by atoms with Crippen molar-refractivity contribution in [1.29, 1.82) is 0 Å². The van der Waals surface area contributed by atoms with Gasteiger partial charge in [0, 0.05) is 30.3 Å². The smallest absolute Gasteiger partial charge is 0.285 e. The Labute approximate surface area is 193 Å². The van der Waals surface area contributed by atoms with Gasteiger partial charge in [-0.15, -0.1) is 4.40 Å². The molecule has 1 aromatic heterocycles. The molecule has 0 saturated carbocycles. The second-order valence-electron chi connectivity index (χ2n) is 7.98. The van der Waals surface area contributed by atoms with E-state index in [4.69, 9.17) is 9.72 Å². The summed E-state index contributed by atoms with van der Waals surface area (Å²) in [7, 11) is -3.89. The molecule has 0 fully saturated rings. The molecule has 1 aliphatic rings. The summed E-state index contributed by atoms with van der Waals surface area (Å²) in [5.74, 6) is 0.897. The number of aryl methyl sites for hydroxylation is 2. The summed E-state index contributed by atoms with van der Waals surface area (Å²) in [4.78, 5) is 5.02. The fourth-order valence-corrected chi connectivity index (χ4v) is 4.83. The largest absolute Gasteiger partial charge is 0.464 e. The lowest BCUT2D eigenvalue weighted by Gasteiger charge is -2.17. The maximum Gasteiger partial charge on any atom is 0.285 e. The first kappa shape index (κ1) is 21.2. The van der Waals surface area contributed by atoms with Crippen LogP contribution in [0.25, 0.3) is 11.3 Å². The molecule has 4 aromatic rings. The number of sulfonamides is 1. The Morgan fingerprint density at radius 2 is 1.61 bits per heavy atom. The van der Waals surface area contributed by atoms with Gasteiger partial charge in [-0.25, -0.2) is 4.98 Å². The number of nitrogens with zero attached hydrogens (tertiary/aromatic N) is 3. The molecule has 1 unspecified atom stereocenters. The summed E-state index contributed by atoms with van der Waals surface area (Å²) in [5, 5.41) is 0. The fourth-order valence-electron chi connectivity index (χ4n) is 3.84. The molecule has 7 heteroatoms. The normalized spacial score (nSPS) is 17.2. The van der Waals surface area contributed by atoms with Crippen molar-refractivity contribution in [2.45, 2.75) is 30.9 Å². The summed E-state index contributed by atoms with van der Waals surface area (Å²) in [6.07, 6.45) is 1.76. The third kappa shape index (κ3) is 4.45. The number of rotatable bonds is 4. The third-order valence-corrected chi connectivity index (χ3v) is 6.89. The van der Waals surface area contributed by atoms with Gasteiger partial charge >= 0.3 is 0 Å². The van der Waals surface area contributed by atoms with Crippen LogP contribution in [0.1, 0.15) is 29.5 Å². The Morgan fingerprint density at radius 3 is 2.30 bits per heavy atom. The zero-order valence-corrected chi connectivity index (χ0v) is 18.9. The molecule has 0 saturated heterocycles. The number of aromatic nitrogens is 2. The lowest BCUT2D eigenvalue weighted by Crippen LogP contribution is -2.13. The predicted molar refractivity (Wildman–Crippen MR) is 127 cm³/mol. The van der Waals surface area contributed by atoms with Gasteiger partial charge in [0.1, 0.15) is 0 Å². The Bertz CT molecular complexity index is 1390. The quantitative estimate of drug-likeness (QED) is 0.425. The number of ether oxygens (including phenoxy) is 1. The number of hydrogen-bond acceptors (Lipinski definition) is 4. The molecule has 0 bridgehead atoms. The Balaban J connectivity index is 1.54. The summed E-state index contributed by atoms with van der Waals surface area (Å²) in [6.45, 7) is 2.42. The standard InChI is InChI=1S/C26H23N3O3S/c1-19-12-14-22(15-13-19)33(30,31)28-24-16-17-29-18-23(20-8-4-2-5-9-20)27-26(29)25(32-24)21-10-6-3-7-11-21/h2-15,18,25H,16-17H2,1H3/b28-24-. The highest BCUT2D eigenvalue weighted by molar-refractivity contribution is 7.90. The van der Waals surface area contributed by atoms with E-state index in [-0.39, 0.29) is 10.8 Å². The van der Waals surface area contributed by atoms with E-state index in [9.17, 15) is 8.42 Å². The van der Waals surface area contributed by atoms with Crippen molar-refractivity contribution in [2.24, 2.45) is 4.40 Å². The molecule has 2 heterocycles. The highest BCUT2D eigenvalue weighted by Gasteiger charge is 2.29. The van der Waals surface area contributed by atoms with E-state index in [2.05, 4.69) is 4.40 Å². The van der Waals surface area contributed by atoms with Crippen molar-refractivity contribution in [3.8, 4) is 11.3 Å². The SMILES string of the molecule is Cc1ccc(S(=O)(=O)/N=C2/CCn3cc(-c4ccccc4)nc3C(c3ccccc3)O2)cc1. The molecule has 0 amide bonds. The zero-order valence-electron chi connectivity index (χ0n) is 18.1. The highest BCUT2D eigenvalue weighted by Crippen LogP contribution is 2.32. The van der Waals surface area contributed by atoms with E-state index in [0.717, 1.165) is 28.2 Å². The van der Waals surface area contributed by atoms with Crippen LogP contribution in [0.3, 0.4) is 0 Å². The topological polar surface area (TPSA) is 73.5 Å². The lowest BCUT2D eigenvalue weighted by atomic mass is 10.1. The molecule has 1 aliphatic heterocycles. The molecule has 33 heavy (non-hydrogen) atoms. The van der Waals surface area contributed by atoms with Crippen LogP contribution in [0, 0.1) is 6.92 Å². The van der Waals surface area contributed by atoms with Crippen LogP contribution in [0.4, 0.5) is 0 Å². The van der Waals surface area contributed by atoms with Crippen LogP contribution in [-0.4, -0.2) is 23.9 Å². The van der Waals surface area contributed by atoms with Gasteiger partial charge in [0.05, 0.1) is 10.6 Å². The van der Waals surface area contributed by atoms with Gasteiger partial charge in [0.15, 0.2) is 11.9 Å². The van der Waals surface area contributed by atoms with E-state index in [1.807, 2.05) is 78.4 Å². The minimum Gasteiger partial charge on any atom is -0.464 e. The summed E-state index contributed by atoms with van der Waals surface area (Å²) in [5.41, 5.74) is 3.73. The highest BCUT2D eigenvalue weighted by atomic mass is 32.2. The molecule has 166 valence electrons. The van der Waals surface area contributed by atoms with E-state index in [0.29, 0.717) is 13.0 Å². The summed E-state index contributed by atoms with van der Waals surface area (Å²) < 4.78 is 38.2. The molecule has 1 atom stereocenters. The van der Waals surface area contributed by atoms with Gasteiger partial charge < -0.3 is 9.30 Å². The molecule has 6 nitrogen and oxygen atoms in total. The van der Waals surface area contributed by atoms with E-state index in [1.54, 1.807) is 24.3 Å². The summed E-state index contributed by atoms with van der Waals surface area (Å²) in [6, 6.07) is 26.3. The number of hydrogen-bond donors (Lipinski definition) is 0. The average molecular weight is 458 g/mol. The molecule has 0 aliphatic carbocycles. The molecule has 0 radical (unpaired) electrons. The number of benzene rings is 3. The molecule has 3 aromatic carbocycles. The van der Waals surface area contributed by atoms with Crippen LogP contribution >= 0.6 is 0 Å². The summed E-state index contributed by atoms with van der Waals surface area (Å²) >= 11 is 0. The molecule has 0 spiro atoms. The second-order valence-corrected chi connectivity index (χ2v) is 9.58. The molecule has 0 N–H and O–H groups in total. The Hall–Kier alpha value is -3.71. The van der Waals surface area contributed by atoms with Crippen molar-refractivity contribution in [3.63, 3.8) is 0 Å². The molecular weight excluding hydrogens is 434 g/mol. The lowest BCUT2D eigenvalue weighted by molar-refractivity contribution is 0.222. The third-order valence-electron chi connectivity index (χ3n) is 5.58. The van der Waals surface area contributed by atoms with Crippen molar-refractivity contribution in [3.05, 3.63) is 108 Å². The first-order valence-electron chi connectivity index (χ1n) is 10.7. The minimum absolute atomic E-state index is 0.147. The first-order chi connectivity index (χ1) is 16.0.